The zero-order valence-corrected chi connectivity index (χ0v) is 16.8. The molecule has 2 aromatic carbocycles. The van der Waals surface area contributed by atoms with Crippen molar-refractivity contribution >= 4 is 35.1 Å². The maximum atomic E-state index is 12.2. The van der Waals surface area contributed by atoms with E-state index in [1.807, 2.05) is 61.6 Å². The van der Waals surface area contributed by atoms with E-state index in [0.29, 0.717) is 16.1 Å². The summed E-state index contributed by atoms with van der Waals surface area (Å²) in [5.74, 6) is 3.40. The second kappa shape index (κ2) is 8.73. The van der Waals surface area contributed by atoms with E-state index >= 15 is 0 Å². The summed E-state index contributed by atoms with van der Waals surface area (Å²) in [5.41, 5.74) is 4.23. The number of hydrogen-bond donors (Lipinski definition) is 1. The van der Waals surface area contributed by atoms with Gasteiger partial charge in [-0.1, -0.05) is 12.1 Å². The van der Waals surface area contributed by atoms with Crippen LogP contribution in [-0.2, 0) is 4.79 Å². The maximum Gasteiger partial charge on any atom is 0.262 e. The molecule has 4 nitrogen and oxygen atoms in total. The monoisotopic (exact) mass is 389 g/mol. The predicted octanol–water partition coefficient (Wildman–Crippen LogP) is 4.81. The van der Waals surface area contributed by atoms with Crippen molar-refractivity contribution in [2.24, 2.45) is 0 Å². The van der Waals surface area contributed by atoms with E-state index in [1.165, 1.54) is 17.1 Å². The second-order valence-corrected chi connectivity index (χ2v) is 8.92. The first-order chi connectivity index (χ1) is 12.5. The Bertz CT molecular complexity index is 768. The van der Waals surface area contributed by atoms with Crippen molar-refractivity contribution in [3.8, 4) is 11.5 Å². The second-order valence-electron chi connectivity index (χ2n) is 6.20. The zero-order valence-electron chi connectivity index (χ0n) is 15.2. The molecule has 1 fully saturated rings. The predicted molar refractivity (Wildman–Crippen MR) is 111 cm³/mol. The maximum absolute atomic E-state index is 12.2. The van der Waals surface area contributed by atoms with E-state index in [4.69, 9.17) is 9.47 Å². The summed E-state index contributed by atoms with van der Waals surface area (Å²) in [7, 11) is 1.62. The summed E-state index contributed by atoms with van der Waals surface area (Å²) in [4.78, 5) is 12.2. The van der Waals surface area contributed by atoms with Crippen LogP contribution in [0.3, 0.4) is 0 Å². The Balaban J connectivity index is 1.62. The molecule has 1 aliphatic rings. The van der Waals surface area contributed by atoms with Crippen LogP contribution >= 0.6 is 23.5 Å². The highest BCUT2D eigenvalue weighted by Gasteiger charge is 2.20. The molecule has 1 aliphatic heterocycles. The molecule has 0 aromatic heterocycles. The average molecular weight is 390 g/mol. The number of carbonyl (C=O) groups excluding carboxylic acids is 1. The lowest BCUT2D eigenvalue weighted by Gasteiger charge is -2.14. The summed E-state index contributed by atoms with van der Waals surface area (Å²) >= 11 is 3.89. The zero-order chi connectivity index (χ0) is 18.5. The van der Waals surface area contributed by atoms with Crippen LogP contribution in [0.1, 0.15) is 21.3 Å². The minimum Gasteiger partial charge on any atom is -0.493 e. The number of carbonyl (C=O) groups is 1. The van der Waals surface area contributed by atoms with E-state index < -0.39 is 0 Å². The number of nitrogens with one attached hydrogen (secondary N) is 1. The Labute approximate surface area is 163 Å². The van der Waals surface area contributed by atoms with E-state index in [9.17, 15) is 4.79 Å². The molecule has 1 amide bonds. The number of amides is 1. The quantitative estimate of drug-likeness (QED) is 0.768. The molecule has 138 valence electrons. The number of benzene rings is 2. The molecule has 3 rings (SSSR count). The number of hydrogen-bond acceptors (Lipinski definition) is 5. The van der Waals surface area contributed by atoms with Gasteiger partial charge in [-0.3, -0.25) is 4.79 Å². The molecule has 0 spiro atoms. The Morgan fingerprint density at radius 1 is 1.08 bits per heavy atom. The van der Waals surface area contributed by atoms with E-state index in [-0.39, 0.29) is 12.5 Å². The van der Waals surface area contributed by atoms with Gasteiger partial charge in [0.1, 0.15) is 0 Å². The van der Waals surface area contributed by atoms with Gasteiger partial charge in [-0.15, -0.1) is 23.5 Å². The van der Waals surface area contributed by atoms with Crippen LogP contribution in [0.5, 0.6) is 11.5 Å². The molecule has 1 saturated heterocycles. The standard InChI is InChI=1S/C20H23NO3S2/c1-13-8-14(2)10-16(9-13)21-19(22)12-24-17-5-4-15(11-18(17)23-3)20-25-6-7-26-20/h4-5,8-11,20H,6-7,12H2,1-3H3,(H,21,22). The van der Waals surface area contributed by atoms with Crippen LogP contribution in [0.25, 0.3) is 0 Å². The van der Waals surface area contributed by atoms with E-state index in [2.05, 4.69) is 17.4 Å². The van der Waals surface area contributed by atoms with Crippen LogP contribution in [0.2, 0.25) is 0 Å². The summed E-state index contributed by atoms with van der Waals surface area (Å²) in [5, 5.41) is 2.88. The normalized spacial score (nSPS) is 14.3. The smallest absolute Gasteiger partial charge is 0.262 e. The molecule has 0 radical (unpaired) electrons. The first kappa shape index (κ1) is 19.0. The lowest BCUT2D eigenvalue weighted by molar-refractivity contribution is -0.118. The Morgan fingerprint density at radius 3 is 2.42 bits per heavy atom. The first-order valence-corrected chi connectivity index (χ1v) is 10.6. The lowest BCUT2D eigenvalue weighted by Crippen LogP contribution is -2.20. The van der Waals surface area contributed by atoms with Gasteiger partial charge in [-0.25, -0.2) is 0 Å². The van der Waals surface area contributed by atoms with Gasteiger partial charge in [0.2, 0.25) is 0 Å². The highest BCUT2D eigenvalue weighted by molar-refractivity contribution is 8.19. The van der Waals surface area contributed by atoms with E-state index in [0.717, 1.165) is 16.8 Å². The SMILES string of the molecule is COc1cc(C2SCCS2)ccc1OCC(=O)Nc1cc(C)cc(C)c1. The number of methoxy groups -OCH3 is 1. The molecule has 0 atom stereocenters. The number of anilines is 1. The number of rotatable bonds is 6. The fourth-order valence-electron chi connectivity index (χ4n) is 2.89. The lowest BCUT2D eigenvalue weighted by atomic mass is 10.1. The minimum atomic E-state index is -0.192. The van der Waals surface area contributed by atoms with Gasteiger partial charge in [0.25, 0.3) is 5.91 Å². The largest absolute Gasteiger partial charge is 0.493 e. The van der Waals surface area contributed by atoms with Crippen LogP contribution in [-0.4, -0.2) is 31.1 Å². The summed E-state index contributed by atoms with van der Waals surface area (Å²) < 4.78 is 11.6. The van der Waals surface area contributed by atoms with E-state index in [1.54, 1.807) is 7.11 Å². The van der Waals surface area contributed by atoms with Crippen LogP contribution in [0.15, 0.2) is 36.4 Å². The van der Waals surface area contributed by atoms with Crippen molar-refractivity contribution in [3.63, 3.8) is 0 Å². The summed E-state index contributed by atoms with van der Waals surface area (Å²) in [6.07, 6.45) is 0. The minimum absolute atomic E-state index is 0.0599. The van der Waals surface area contributed by atoms with Crippen molar-refractivity contribution in [1.29, 1.82) is 0 Å². The van der Waals surface area contributed by atoms with Gasteiger partial charge in [0.05, 0.1) is 11.7 Å². The van der Waals surface area contributed by atoms with Crippen LogP contribution < -0.4 is 14.8 Å². The number of aryl methyl sites for hydroxylation is 2. The Kier molecular flexibility index (Phi) is 6.38. The molecule has 2 aromatic rings. The van der Waals surface area contributed by atoms with Crippen molar-refractivity contribution in [1.82, 2.24) is 0 Å². The highest BCUT2D eigenvalue weighted by Crippen LogP contribution is 2.46. The third-order valence-corrected chi connectivity index (χ3v) is 7.05. The molecular formula is C20H23NO3S2. The molecule has 0 saturated carbocycles. The molecular weight excluding hydrogens is 366 g/mol. The topological polar surface area (TPSA) is 47.6 Å². The van der Waals surface area contributed by atoms with Gasteiger partial charge < -0.3 is 14.8 Å². The fourth-order valence-corrected chi connectivity index (χ4v) is 5.73. The molecule has 6 heteroatoms. The van der Waals surface area contributed by atoms with Crippen molar-refractivity contribution in [2.75, 3.05) is 30.5 Å². The van der Waals surface area contributed by atoms with Crippen LogP contribution in [0.4, 0.5) is 5.69 Å². The molecule has 26 heavy (non-hydrogen) atoms. The highest BCUT2D eigenvalue weighted by atomic mass is 32.2. The summed E-state index contributed by atoms with van der Waals surface area (Å²) in [6, 6.07) is 11.9. The number of thioether (sulfide) groups is 2. The molecule has 1 N–H and O–H groups in total. The van der Waals surface area contributed by atoms with Crippen molar-refractivity contribution in [3.05, 3.63) is 53.1 Å². The number of ether oxygens (including phenoxy) is 2. The van der Waals surface area contributed by atoms with Gasteiger partial charge in [-0.05, 0) is 54.8 Å². The molecule has 0 aliphatic carbocycles. The molecule has 1 heterocycles. The van der Waals surface area contributed by atoms with Crippen LogP contribution in [0, 0.1) is 13.8 Å². The van der Waals surface area contributed by atoms with Crippen molar-refractivity contribution < 1.29 is 14.3 Å². The van der Waals surface area contributed by atoms with Gasteiger partial charge in [0.15, 0.2) is 18.1 Å². The Morgan fingerprint density at radius 2 is 1.77 bits per heavy atom. The third kappa shape index (κ3) is 4.89. The molecule has 0 bridgehead atoms. The third-order valence-electron chi connectivity index (χ3n) is 3.95. The van der Waals surface area contributed by atoms with Gasteiger partial charge in [-0.2, -0.15) is 0 Å². The fraction of sp³-hybridized carbons (Fsp3) is 0.350. The summed E-state index contributed by atoms with van der Waals surface area (Å²) in [6.45, 7) is 3.95. The van der Waals surface area contributed by atoms with Crippen molar-refractivity contribution in [2.45, 2.75) is 18.4 Å². The average Bonchev–Trinajstić information content (AvgIpc) is 3.13. The van der Waals surface area contributed by atoms with Gasteiger partial charge in [0, 0.05) is 17.2 Å². The Hall–Kier alpha value is -1.79. The molecule has 0 unspecified atom stereocenters. The van der Waals surface area contributed by atoms with Gasteiger partial charge >= 0.3 is 0 Å². The first-order valence-electron chi connectivity index (χ1n) is 8.47.